The Balaban J connectivity index is 1.67. The number of ether oxygens (including phenoxy) is 3. The van der Waals surface area contributed by atoms with Gasteiger partial charge < -0.3 is 19.5 Å². The molecule has 0 aliphatic carbocycles. The molecule has 0 unspecified atom stereocenters. The molecule has 5 heteroatoms. The first-order chi connectivity index (χ1) is 13.2. The average Bonchev–Trinajstić information content (AvgIpc) is 2.73. The highest BCUT2D eigenvalue weighted by Gasteiger charge is 2.10. The molecule has 0 saturated heterocycles. The lowest BCUT2D eigenvalue weighted by Crippen LogP contribution is -2.20. The molecule has 0 fully saturated rings. The molecule has 0 aliphatic rings. The Morgan fingerprint density at radius 3 is 2.26 bits per heavy atom. The molecule has 0 aliphatic heterocycles. The molecule has 3 aromatic carbocycles. The fraction of sp³-hybridized carbons (Fsp3) is 0.136. The van der Waals surface area contributed by atoms with Gasteiger partial charge in [0.1, 0.15) is 5.75 Å². The van der Waals surface area contributed by atoms with Gasteiger partial charge in [-0.2, -0.15) is 0 Å². The van der Waals surface area contributed by atoms with Gasteiger partial charge in [-0.1, -0.05) is 48.5 Å². The van der Waals surface area contributed by atoms with E-state index in [0.29, 0.717) is 22.9 Å². The van der Waals surface area contributed by atoms with Crippen molar-refractivity contribution in [2.45, 2.75) is 0 Å². The number of rotatable bonds is 7. The Hall–Kier alpha value is -3.47. The molecular formula is C22H21NO4. The number of nitrogens with one attached hydrogen (secondary N) is 1. The fourth-order valence-electron chi connectivity index (χ4n) is 2.70. The van der Waals surface area contributed by atoms with E-state index >= 15 is 0 Å². The van der Waals surface area contributed by atoms with E-state index in [1.165, 1.54) is 0 Å². The van der Waals surface area contributed by atoms with Crippen LogP contribution < -0.4 is 19.5 Å². The summed E-state index contributed by atoms with van der Waals surface area (Å²) in [5, 5.41) is 2.80. The standard InChI is InChI=1S/C22H21NO4/c1-25-20-13-12-17(14-21(20)26-2)23-22(24)15-27-19-11-7-6-10-18(19)16-8-4-3-5-9-16/h3-14H,15H2,1-2H3,(H,23,24). The van der Waals surface area contributed by atoms with E-state index < -0.39 is 0 Å². The number of benzene rings is 3. The van der Waals surface area contributed by atoms with Gasteiger partial charge in [-0.3, -0.25) is 4.79 Å². The van der Waals surface area contributed by atoms with Crippen molar-refractivity contribution in [3.8, 4) is 28.4 Å². The second-order valence-electron chi connectivity index (χ2n) is 5.77. The average molecular weight is 363 g/mol. The molecule has 138 valence electrons. The molecule has 1 N–H and O–H groups in total. The highest BCUT2D eigenvalue weighted by atomic mass is 16.5. The molecule has 0 spiro atoms. The predicted octanol–water partition coefficient (Wildman–Crippen LogP) is 4.39. The molecular weight excluding hydrogens is 342 g/mol. The van der Waals surface area contributed by atoms with Crippen molar-refractivity contribution in [3.63, 3.8) is 0 Å². The van der Waals surface area contributed by atoms with E-state index in [4.69, 9.17) is 14.2 Å². The first-order valence-electron chi connectivity index (χ1n) is 8.50. The first kappa shape index (κ1) is 18.3. The molecule has 3 aromatic rings. The molecule has 1 amide bonds. The number of amides is 1. The number of carbonyl (C=O) groups excluding carboxylic acids is 1. The van der Waals surface area contributed by atoms with Gasteiger partial charge in [-0.05, 0) is 23.8 Å². The minimum Gasteiger partial charge on any atom is -0.493 e. The Morgan fingerprint density at radius 2 is 1.52 bits per heavy atom. The summed E-state index contributed by atoms with van der Waals surface area (Å²) in [7, 11) is 3.11. The van der Waals surface area contributed by atoms with Gasteiger partial charge in [0.25, 0.3) is 5.91 Å². The topological polar surface area (TPSA) is 56.8 Å². The number of methoxy groups -OCH3 is 2. The summed E-state index contributed by atoms with van der Waals surface area (Å²) >= 11 is 0. The maximum atomic E-state index is 12.3. The van der Waals surface area contributed by atoms with Gasteiger partial charge >= 0.3 is 0 Å². The molecule has 0 bridgehead atoms. The molecule has 3 rings (SSSR count). The Morgan fingerprint density at radius 1 is 0.815 bits per heavy atom. The summed E-state index contributed by atoms with van der Waals surface area (Å²) in [5.74, 6) is 1.55. The summed E-state index contributed by atoms with van der Waals surface area (Å²) in [6.45, 7) is -0.0990. The third-order valence-electron chi connectivity index (χ3n) is 4.00. The van der Waals surface area contributed by atoms with Crippen LogP contribution in [0.5, 0.6) is 17.2 Å². The monoisotopic (exact) mass is 363 g/mol. The normalized spacial score (nSPS) is 10.1. The maximum absolute atomic E-state index is 12.3. The zero-order chi connectivity index (χ0) is 19.1. The lowest BCUT2D eigenvalue weighted by atomic mass is 10.1. The number of hydrogen-bond donors (Lipinski definition) is 1. The molecule has 0 saturated carbocycles. The minimum atomic E-state index is -0.259. The summed E-state index contributed by atoms with van der Waals surface area (Å²) in [4.78, 5) is 12.3. The highest BCUT2D eigenvalue weighted by Crippen LogP contribution is 2.31. The van der Waals surface area contributed by atoms with Crippen molar-refractivity contribution in [1.82, 2.24) is 0 Å². The second kappa shape index (κ2) is 8.76. The van der Waals surface area contributed by atoms with Gasteiger partial charge in [-0.15, -0.1) is 0 Å². The zero-order valence-corrected chi connectivity index (χ0v) is 15.3. The first-order valence-corrected chi connectivity index (χ1v) is 8.50. The number of carbonyl (C=O) groups is 1. The third kappa shape index (κ3) is 4.58. The van der Waals surface area contributed by atoms with Crippen molar-refractivity contribution in [2.75, 3.05) is 26.1 Å². The van der Waals surface area contributed by atoms with E-state index in [-0.39, 0.29) is 12.5 Å². The summed E-state index contributed by atoms with van der Waals surface area (Å²) in [5.41, 5.74) is 2.59. The lowest BCUT2D eigenvalue weighted by Gasteiger charge is -2.13. The van der Waals surface area contributed by atoms with Crippen molar-refractivity contribution in [2.24, 2.45) is 0 Å². The van der Waals surface area contributed by atoms with Crippen molar-refractivity contribution < 1.29 is 19.0 Å². The van der Waals surface area contributed by atoms with Crippen LogP contribution in [0.2, 0.25) is 0 Å². The largest absolute Gasteiger partial charge is 0.493 e. The fourth-order valence-corrected chi connectivity index (χ4v) is 2.70. The summed E-state index contributed by atoms with van der Waals surface area (Å²) in [6.07, 6.45) is 0. The Kier molecular flexibility index (Phi) is 5.94. The lowest BCUT2D eigenvalue weighted by molar-refractivity contribution is -0.118. The molecule has 0 aromatic heterocycles. The van der Waals surface area contributed by atoms with Crippen LogP contribution >= 0.6 is 0 Å². The summed E-state index contributed by atoms with van der Waals surface area (Å²) in [6, 6.07) is 22.7. The van der Waals surface area contributed by atoms with E-state index in [1.54, 1.807) is 32.4 Å². The van der Waals surface area contributed by atoms with E-state index in [0.717, 1.165) is 11.1 Å². The second-order valence-corrected chi connectivity index (χ2v) is 5.77. The van der Waals surface area contributed by atoms with Gasteiger partial charge in [0, 0.05) is 17.3 Å². The van der Waals surface area contributed by atoms with Crippen molar-refractivity contribution >= 4 is 11.6 Å². The van der Waals surface area contributed by atoms with Crippen LogP contribution in [0.3, 0.4) is 0 Å². The predicted molar refractivity (Wildman–Crippen MR) is 106 cm³/mol. The van der Waals surface area contributed by atoms with Gasteiger partial charge in [0.2, 0.25) is 0 Å². The van der Waals surface area contributed by atoms with Crippen LogP contribution in [-0.4, -0.2) is 26.7 Å². The minimum absolute atomic E-state index is 0.0990. The molecule has 0 atom stereocenters. The van der Waals surface area contributed by atoms with E-state index in [9.17, 15) is 4.79 Å². The smallest absolute Gasteiger partial charge is 0.262 e. The Bertz CT molecular complexity index is 909. The zero-order valence-electron chi connectivity index (χ0n) is 15.3. The highest BCUT2D eigenvalue weighted by molar-refractivity contribution is 5.92. The number of anilines is 1. The number of para-hydroxylation sites is 1. The van der Waals surface area contributed by atoms with Gasteiger partial charge in [0.15, 0.2) is 18.1 Å². The van der Waals surface area contributed by atoms with Crippen molar-refractivity contribution in [3.05, 3.63) is 72.8 Å². The van der Waals surface area contributed by atoms with Crippen LogP contribution in [0, 0.1) is 0 Å². The van der Waals surface area contributed by atoms with Gasteiger partial charge in [0.05, 0.1) is 14.2 Å². The number of hydrogen-bond acceptors (Lipinski definition) is 4. The van der Waals surface area contributed by atoms with Crippen LogP contribution in [0.15, 0.2) is 72.8 Å². The van der Waals surface area contributed by atoms with Gasteiger partial charge in [-0.25, -0.2) is 0 Å². The molecule has 0 heterocycles. The molecule has 27 heavy (non-hydrogen) atoms. The quantitative estimate of drug-likeness (QED) is 0.676. The van der Waals surface area contributed by atoms with Crippen LogP contribution in [0.4, 0.5) is 5.69 Å². The van der Waals surface area contributed by atoms with E-state index in [1.807, 2.05) is 54.6 Å². The third-order valence-corrected chi connectivity index (χ3v) is 4.00. The molecule has 0 radical (unpaired) electrons. The van der Waals surface area contributed by atoms with E-state index in [2.05, 4.69) is 5.32 Å². The summed E-state index contributed by atoms with van der Waals surface area (Å²) < 4.78 is 16.2. The SMILES string of the molecule is COc1ccc(NC(=O)COc2ccccc2-c2ccccc2)cc1OC. The van der Waals surface area contributed by atoms with Crippen LogP contribution in [0.25, 0.3) is 11.1 Å². The maximum Gasteiger partial charge on any atom is 0.262 e. The van der Waals surface area contributed by atoms with Crippen LogP contribution in [0.1, 0.15) is 0 Å². The van der Waals surface area contributed by atoms with Crippen molar-refractivity contribution in [1.29, 1.82) is 0 Å². The Labute approximate surface area is 158 Å². The molecule has 5 nitrogen and oxygen atoms in total. The van der Waals surface area contributed by atoms with Crippen LogP contribution in [-0.2, 0) is 4.79 Å².